The molecule has 3 nitrogen and oxygen atoms in total. The van der Waals surface area contributed by atoms with Gasteiger partial charge in [-0.25, -0.2) is 0 Å². The molecular formula is C17H25N3. The molecule has 0 radical (unpaired) electrons. The monoisotopic (exact) mass is 271 g/mol. The summed E-state index contributed by atoms with van der Waals surface area (Å²) in [6.07, 6.45) is 2.11. The van der Waals surface area contributed by atoms with E-state index in [1.807, 2.05) is 18.8 Å². The highest BCUT2D eigenvalue weighted by molar-refractivity contribution is 5.67. The second kappa shape index (κ2) is 5.41. The maximum absolute atomic E-state index is 4.65. The van der Waals surface area contributed by atoms with Crippen molar-refractivity contribution in [2.24, 2.45) is 7.05 Å². The van der Waals surface area contributed by atoms with Crippen LogP contribution in [0, 0.1) is 0 Å². The van der Waals surface area contributed by atoms with Gasteiger partial charge in [0.15, 0.2) is 0 Å². The lowest BCUT2D eigenvalue weighted by molar-refractivity contribution is 0.554. The summed E-state index contributed by atoms with van der Waals surface area (Å²) in [6, 6.07) is 9.06. The van der Waals surface area contributed by atoms with Crippen LogP contribution in [-0.4, -0.2) is 16.8 Å². The predicted octanol–water partition coefficient (Wildman–Crippen LogP) is 3.67. The Kier molecular flexibility index (Phi) is 4.00. The van der Waals surface area contributed by atoms with Crippen molar-refractivity contribution in [3.63, 3.8) is 0 Å². The maximum Gasteiger partial charge on any atom is 0.0756 e. The molecule has 1 aromatic carbocycles. The van der Waals surface area contributed by atoms with Crippen molar-refractivity contribution >= 4 is 0 Å². The first-order valence-electron chi connectivity index (χ1n) is 7.14. The molecule has 0 amide bonds. The average Bonchev–Trinajstić information content (AvgIpc) is 2.80. The van der Waals surface area contributed by atoms with Crippen LogP contribution in [0.15, 0.2) is 30.5 Å². The molecule has 0 aliphatic carbocycles. The standard InChI is InChI=1S/C17H25N3/c1-12(18-5)13-8-7-9-14(10-13)15-11-20(6)19-16(15)17(2,3)4/h7-12,18H,1-6H3. The number of rotatable bonds is 3. The zero-order valence-corrected chi connectivity index (χ0v) is 13.4. The zero-order chi connectivity index (χ0) is 14.9. The van der Waals surface area contributed by atoms with E-state index in [0.717, 1.165) is 5.69 Å². The minimum Gasteiger partial charge on any atom is -0.313 e. The lowest BCUT2D eigenvalue weighted by atomic mass is 9.87. The minimum absolute atomic E-state index is 0.0429. The quantitative estimate of drug-likeness (QED) is 0.923. The largest absolute Gasteiger partial charge is 0.313 e. The van der Waals surface area contributed by atoms with Gasteiger partial charge in [0.25, 0.3) is 0 Å². The highest BCUT2D eigenvalue weighted by Crippen LogP contribution is 2.32. The van der Waals surface area contributed by atoms with Gasteiger partial charge in [-0.3, -0.25) is 4.68 Å². The van der Waals surface area contributed by atoms with Crippen molar-refractivity contribution in [2.75, 3.05) is 7.05 Å². The van der Waals surface area contributed by atoms with Crippen LogP contribution in [0.3, 0.4) is 0 Å². The van der Waals surface area contributed by atoms with Crippen LogP contribution in [0.5, 0.6) is 0 Å². The van der Waals surface area contributed by atoms with Crippen molar-refractivity contribution in [1.82, 2.24) is 15.1 Å². The Balaban J connectivity index is 2.52. The molecule has 1 atom stereocenters. The maximum atomic E-state index is 4.65. The highest BCUT2D eigenvalue weighted by atomic mass is 15.3. The van der Waals surface area contributed by atoms with Crippen LogP contribution < -0.4 is 5.32 Å². The fourth-order valence-electron chi connectivity index (χ4n) is 2.40. The van der Waals surface area contributed by atoms with Crippen molar-refractivity contribution < 1.29 is 0 Å². The third-order valence-electron chi connectivity index (χ3n) is 3.67. The van der Waals surface area contributed by atoms with Crippen LogP contribution in [0.25, 0.3) is 11.1 Å². The van der Waals surface area contributed by atoms with Gasteiger partial charge in [0.2, 0.25) is 0 Å². The van der Waals surface area contributed by atoms with Crippen LogP contribution in [0.4, 0.5) is 0 Å². The van der Waals surface area contributed by atoms with E-state index in [0.29, 0.717) is 6.04 Å². The van der Waals surface area contributed by atoms with E-state index < -0.39 is 0 Å². The molecule has 3 heteroatoms. The molecular weight excluding hydrogens is 246 g/mol. The Morgan fingerprint density at radius 1 is 1.25 bits per heavy atom. The van der Waals surface area contributed by atoms with Crippen molar-refractivity contribution in [3.8, 4) is 11.1 Å². The van der Waals surface area contributed by atoms with Crippen LogP contribution >= 0.6 is 0 Å². The lowest BCUT2D eigenvalue weighted by Crippen LogP contribution is -2.14. The van der Waals surface area contributed by atoms with Gasteiger partial charge in [-0.2, -0.15) is 5.10 Å². The van der Waals surface area contributed by atoms with Gasteiger partial charge in [-0.05, 0) is 31.2 Å². The summed E-state index contributed by atoms with van der Waals surface area (Å²) in [7, 11) is 3.97. The first-order valence-corrected chi connectivity index (χ1v) is 7.14. The molecule has 1 aromatic heterocycles. The Labute approximate surface area is 122 Å². The fourth-order valence-corrected chi connectivity index (χ4v) is 2.40. The van der Waals surface area contributed by atoms with E-state index in [-0.39, 0.29) is 5.41 Å². The van der Waals surface area contributed by atoms with Gasteiger partial charge in [-0.1, -0.05) is 39.0 Å². The molecule has 20 heavy (non-hydrogen) atoms. The summed E-state index contributed by atoms with van der Waals surface area (Å²) in [5.41, 5.74) is 4.96. The van der Waals surface area contributed by atoms with Crippen LogP contribution in [0.1, 0.15) is 45.0 Å². The Bertz CT molecular complexity index is 591. The summed E-state index contributed by atoms with van der Waals surface area (Å²) in [6.45, 7) is 8.80. The molecule has 108 valence electrons. The summed E-state index contributed by atoms with van der Waals surface area (Å²) in [5.74, 6) is 0. The molecule has 1 N–H and O–H groups in total. The topological polar surface area (TPSA) is 29.9 Å². The van der Waals surface area contributed by atoms with Crippen molar-refractivity contribution in [2.45, 2.75) is 39.2 Å². The first-order chi connectivity index (χ1) is 9.32. The summed E-state index contributed by atoms with van der Waals surface area (Å²) in [4.78, 5) is 0. The van der Waals surface area contributed by atoms with Gasteiger partial charge >= 0.3 is 0 Å². The summed E-state index contributed by atoms with van der Waals surface area (Å²) < 4.78 is 1.91. The van der Waals surface area contributed by atoms with Gasteiger partial charge in [0, 0.05) is 30.3 Å². The van der Waals surface area contributed by atoms with E-state index in [2.05, 4.69) is 68.6 Å². The van der Waals surface area contributed by atoms with Gasteiger partial charge in [0.1, 0.15) is 0 Å². The molecule has 0 aliphatic heterocycles. The number of benzene rings is 1. The molecule has 2 aromatic rings. The van der Waals surface area contributed by atoms with Crippen molar-refractivity contribution in [1.29, 1.82) is 0 Å². The SMILES string of the molecule is CNC(C)c1cccc(-c2cn(C)nc2C(C)(C)C)c1. The van der Waals surface area contributed by atoms with Crippen LogP contribution in [0.2, 0.25) is 0 Å². The molecule has 0 saturated heterocycles. The second-order valence-corrected chi connectivity index (χ2v) is 6.45. The number of hydrogen-bond donors (Lipinski definition) is 1. The molecule has 0 fully saturated rings. The zero-order valence-electron chi connectivity index (χ0n) is 13.4. The number of aryl methyl sites for hydroxylation is 1. The molecule has 1 unspecified atom stereocenters. The van der Waals surface area contributed by atoms with Gasteiger partial charge in [-0.15, -0.1) is 0 Å². The highest BCUT2D eigenvalue weighted by Gasteiger charge is 2.22. The smallest absolute Gasteiger partial charge is 0.0756 e. The molecule has 0 spiro atoms. The third kappa shape index (κ3) is 2.93. The number of nitrogens with one attached hydrogen (secondary N) is 1. The normalized spacial score (nSPS) is 13.5. The van der Waals surface area contributed by atoms with Gasteiger partial charge in [0.05, 0.1) is 5.69 Å². The fraction of sp³-hybridized carbons (Fsp3) is 0.471. The van der Waals surface area contributed by atoms with Gasteiger partial charge < -0.3 is 5.32 Å². The Hall–Kier alpha value is -1.61. The number of aromatic nitrogens is 2. The van der Waals surface area contributed by atoms with E-state index in [4.69, 9.17) is 0 Å². The Morgan fingerprint density at radius 2 is 1.95 bits per heavy atom. The predicted molar refractivity (Wildman–Crippen MR) is 84.8 cm³/mol. The molecule has 0 aliphatic rings. The summed E-state index contributed by atoms with van der Waals surface area (Å²) >= 11 is 0. The molecule has 0 saturated carbocycles. The minimum atomic E-state index is 0.0429. The Morgan fingerprint density at radius 3 is 2.55 bits per heavy atom. The lowest BCUT2D eigenvalue weighted by Gasteiger charge is -2.18. The molecule has 1 heterocycles. The van der Waals surface area contributed by atoms with E-state index in [1.54, 1.807) is 0 Å². The third-order valence-corrected chi connectivity index (χ3v) is 3.67. The number of nitrogens with zero attached hydrogens (tertiary/aromatic N) is 2. The van der Waals surface area contributed by atoms with E-state index in [1.165, 1.54) is 16.7 Å². The van der Waals surface area contributed by atoms with Crippen molar-refractivity contribution in [3.05, 3.63) is 41.7 Å². The number of hydrogen-bond acceptors (Lipinski definition) is 2. The van der Waals surface area contributed by atoms with Crippen LogP contribution in [-0.2, 0) is 12.5 Å². The second-order valence-electron chi connectivity index (χ2n) is 6.45. The summed E-state index contributed by atoms with van der Waals surface area (Å²) in [5, 5.41) is 7.94. The van der Waals surface area contributed by atoms with E-state index >= 15 is 0 Å². The first kappa shape index (κ1) is 14.8. The average molecular weight is 271 g/mol. The molecule has 2 rings (SSSR count). The molecule has 0 bridgehead atoms. The van der Waals surface area contributed by atoms with E-state index in [9.17, 15) is 0 Å².